The van der Waals surface area contributed by atoms with E-state index >= 15 is 0 Å². The fourth-order valence-corrected chi connectivity index (χ4v) is 2.53. The predicted molar refractivity (Wildman–Crippen MR) is 74.2 cm³/mol. The van der Waals surface area contributed by atoms with E-state index in [1.807, 2.05) is 0 Å². The molecule has 0 aliphatic carbocycles. The Balaban J connectivity index is 2.44. The summed E-state index contributed by atoms with van der Waals surface area (Å²) in [6.07, 6.45) is 1.25. The number of rotatable bonds is 5. The van der Waals surface area contributed by atoms with E-state index in [-0.39, 0.29) is 5.78 Å². The second-order valence-electron chi connectivity index (χ2n) is 4.42. The van der Waals surface area contributed by atoms with Crippen LogP contribution < -0.4 is 14.2 Å². The van der Waals surface area contributed by atoms with Gasteiger partial charge in [0.25, 0.3) is 0 Å². The molecule has 20 heavy (non-hydrogen) atoms. The fraction of sp³-hybridized carbons (Fsp3) is 0.500. The van der Waals surface area contributed by atoms with Crippen molar-refractivity contribution in [2.24, 2.45) is 0 Å². The first-order valence-corrected chi connectivity index (χ1v) is 6.61. The molecular formula is C14H17ClO5. The molecule has 0 radical (unpaired) electrons. The molecule has 1 aliphatic rings. The highest BCUT2D eigenvalue weighted by Crippen LogP contribution is 2.41. The standard InChI is InChI=1S/C14H17ClO5/c1-17-10-7-9(8-11(18-2)12(10)19-3)13(16)14(15)5-4-6-20-14/h7-8H,4-6H2,1-3H3. The van der Waals surface area contributed by atoms with Gasteiger partial charge < -0.3 is 18.9 Å². The zero-order chi connectivity index (χ0) is 14.8. The van der Waals surface area contributed by atoms with Gasteiger partial charge >= 0.3 is 0 Å². The second-order valence-corrected chi connectivity index (χ2v) is 5.03. The number of ketones is 1. The van der Waals surface area contributed by atoms with E-state index in [4.69, 9.17) is 30.5 Å². The van der Waals surface area contributed by atoms with Gasteiger partial charge in [0.1, 0.15) is 0 Å². The second kappa shape index (κ2) is 5.89. The lowest BCUT2D eigenvalue weighted by Gasteiger charge is -2.20. The maximum Gasteiger partial charge on any atom is 0.210 e. The number of methoxy groups -OCH3 is 3. The third-order valence-corrected chi connectivity index (χ3v) is 3.71. The molecule has 6 heteroatoms. The lowest BCUT2D eigenvalue weighted by Crippen LogP contribution is -2.31. The summed E-state index contributed by atoms with van der Waals surface area (Å²) in [5, 5.41) is -1.29. The van der Waals surface area contributed by atoms with E-state index in [0.29, 0.717) is 35.8 Å². The molecule has 2 rings (SSSR count). The van der Waals surface area contributed by atoms with Gasteiger partial charge in [0.15, 0.2) is 11.5 Å². The van der Waals surface area contributed by atoms with E-state index in [2.05, 4.69) is 0 Å². The van der Waals surface area contributed by atoms with Crippen molar-refractivity contribution in [2.75, 3.05) is 27.9 Å². The quantitative estimate of drug-likeness (QED) is 0.618. The molecule has 1 heterocycles. The molecule has 0 spiro atoms. The number of halogens is 1. The molecule has 1 aromatic rings. The van der Waals surface area contributed by atoms with Crippen LogP contribution in [0.1, 0.15) is 23.2 Å². The summed E-state index contributed by atoms with van der Waals surface area (Å²) in [6.45, 7) is 0.486. The lowest BCUT2D eigenvalue weighted by atomic mass is 10.0. The molecule has 1 aliphatic heterocycles. The molecule has 1 fully saturated rings. The number of Topliss-reactive ketones (excluding diaryl/α,β-unsaturated/α-hetero) is 1. The zero-order valence-electron chi connectivity index (χ0n) is 11.7. The smallest absolute Gasteiger partial charge is 0.210 e. The third kappa shape index (κ3) is 2.55. The molecular weight excluding hydrogens is 284 g/mol. The molecule has 1 aromatic carbocycles. The van der Waals surface area contributed by atoms with Crippen LogP contribution in [0.2, 0.25) is 0 Å². The Hall–Kier alpha value is -1.46. The number of alkyl halides is 1. The van der Waals surface area contributed by atoms with Crippen LogP contribution in [0.5, 0.6) is 17.2 Å². The Morgan fingerprint density at radius 3 is 2.20 bits per heavy atom. The monoisotopic (exact) mass is 300 g/mol. The summed E-state index contributed by atoms with van der Waals surface area (Å²) >= 11 is 6.24. The number of hydrogen-bond acceptors (Lipinski definition) is 5. The normalized spacial score (nSPS) is 21.6. The minimum absolute atomic E-state index is 0.295. The first-order valence-electron chi connectivity index (χ1n) is 6.23. The maximum atomic E-state index is 12.5. The van der Waals surface area contributed by atoms with Crippen molar-refractivity contribution >= 4 is 17.4 Å². The average Bonchev–Trinajstić information content (AvgIpc) is 2.92. The van der Waals surface area contributed by atoms with Crippen LogP contribution in [0.25, 0.3) is 0 Å². The van der Waals surface area contributed by atoms with Gasteiger partial charge in [-0.2, -0.15) is 0 Å². The van der Waals surface area contributed by atoms with E-state index in [1.54, 1.807) is 12.1 Å². The number of carbonyl (C=O) groups excluding carboxylic acids is 1. The van der Waals surface area contributed by atoms with Gasteiger partial charge in [-0.05, 0) is 18.6 Å². The van der Waals surface area contributed by atoms with Crippen molar-refractivity contribution < 1.29 is 23.7 Å². The minimum atomic E-state index is -1.29. The molecule has 1 saturated heterocycles. The number of benzene rings is 1. The summed E-state index contributed by atoms with van der Waals surface area (Å²) < 4.78 is 21.0. The van der Waals surface area contributed by atoms with Gasteiger partial charge in [-0.3, -0.25) is 4.79 Å². The molecule has 0 N–H and O–H groups in total. The molecule has 1 unspecified atom stereocenters. The van der Waals surface area contributed by atoms with Crippen LogP contribution in [-0.4, -0.2) is 38.8 Å². The Bertz CT molecular complexity index is 483. The highest BCUT2D eigenvalue weighted by atomic mass is 35.5. The zero-order valence-corrected chi connectivity index (χ0v) is 12.5. The Morgan fingerprint density at radius 1 is 1.20 bits per heavy atom. The SMILES string of the molecule is COc1cc(C(=O)C2(Cl)CCCO2)cc(OC)c1OC. The molecule has 0 saturated carbocycles. The highest BCUT2D eigenvalue weighted by Gasteiger charge is 2.41. The Morgan fingerprint density at radius 2 is 1.80 bits per heavy atom. The van der Waals surface area contributed by atoms with Crippen molar-refractivity contribution in [3.05, 3.63) is 17.7 Å². The lowest BCUT2D eigenvalue weighted by molar-refractivity contribution is 0.0499. The number of hydrogen-bond donors (Lipinski definition) is 0. The van der Waals surface area contributed by atoms with E-state index in [1.165, 1.54) is 21.3 Å². The topological polar surface area (TPSA) is 54.0 Å². The van der Waals surface area contributed by atoms with Crippen LogP contribution >= 0.6 is 11.6 Å². The van der Waals surface area contributed by atoms with Crippen molar-refractivity contribution in [1.82, 2.24) is 0 Å². The molecule has 0 aromatic heterocycles. The molecule has 0 amide bonds. The van der Waals surface area contributed by atoms with Crippen LogP contribution in [-0.2, 0) is 4.74 Å². The highest BCUT2D eigenvalue weighted by molar-refractivity contribution is 6.37. The summed E-state index contributed by atoms with van der Waals surface area (Å²) in [4.78, 5) is 12.5. The first kappa shape index (κ1) is 14.9. The van der Waals surface area contributed by atoms with Gasteiger partial charge in [0, 0.05) is 18.6 Å². The van der Waals surface area contributed by atoms with Gasteiger partial charge in [0.05, 0.1) is 21.3 Å². The van der Waals surface area contributed by atoms with E-state index in [0.717, 1.165) is 6.42 Å². The summed E-state index contributed by atoms with van der Waals surface area (Å²) in [5.74, 6) is 0.959. The summed E-state index contributed by atoms with van der Waals surface area (Å²) in [6, 6.07) is 3.16. The Kier molecular flexibility index (Phi) is 4.40. The number of ether oxygens (including phenoxy) is 4. The van der Waals surface area contributed by atoms with Crippen molar-refractivity contribution in [1.29, 1.82) is 0 Å². The molecule has 110 valence electrons. The fourth-order valence-electron chi connectivity index (χ4n) is 2.21. The van der Waals surface area contributed by atoms with E-state index in [9.17, 15) is 4.79 Å². The van der Waals surface area contributed by atoms with Crippen LogP contribution in [0.3, 0.4) is 0 Å². The van der Waals surface area contributed by atoms with Crippen molar-refractivity contribution in [3.8, 4) is 17.2 Å². The van der Waals surface area contributed by atoms with Crippen LogP contribution in [0, 0.1) is 0 Å². The predicted octanol–water partition coefficient (Wildman–Crippen LogP) is 2.64. The minimum Gasteiger partial charge on any atom is -0.493 e. The molecule has 1 atom stereocenters. The van der Waals surface area contributed by atoms with E-state index < -0.39 is 5.06 Å². The van der Waals surface area contributed by atoms with Gasteiger partial charge in [-0.25, -0.2) is 0 Å². The van der Waals surface area contributed by atoms with Crippen LogP contribution in [0.15, 0.2) is 12.1 Å². The van der Waals surface area contributed by atoms with Gasteiger partial charge in [0.2, 0.25) is 16.6 Å². The molecule has 0 bridgehead atoms. The summed E-state index contributed by atoms with van der Waals surface area (Å²) in [7, 11) is 4.49. The van der Waals surface area contributed by atoms with Crippen molar-refractivity contribution in [2.45, 2.75) is 17.9 Å². The molecule has 5 nitrogen and oxygen atoms in total. The van der Waals surface area contributed by atoms with Crippen molar-refractivity contribution in [3.63, 3.8) is 0 Å². The first-order chi connectivity index (χ1) is 9.55. The largest absolute Gasteiger partial charge is 0.493 e. The Labute approximate surface area is 122 Å². The van der Waals surface area contributed by atoms with Gasteiger partial charge in [-0.15, -0.1) is 0 Å². The summed E-state index contributed by atoms with van der Waals surface area (Å²) in [5.41, 5.74) is 0.372. The average molecular weight is 301 g/mol. The maximum absolute atomic E-state index is 12.5. The van der Waals surface area contributed by atoms with Crippen LogP contribution in [0.4, 0.5) is 0 Å². The van der Waals surface area contributed by atoms with Gasteiger partial charge in [-0.1, -0.05) is 11.6 Å². The number of carbonyl (C=O) groups is 1. The third-order valence-electron chi connectivity index (χ3n) is 3.24.